The van der Waals surface area contributed by atoms with Gasteiger partial charge in [0.05, 0.1) is 5.70 Å². The fourth-order valence-corrected chi connectivity index (χ4v) is 2.40. The molecule has 0 unspecified atom stereocenters. The van der Waals surface area contributed by atoms with Crippen LogP contribution in [0.1, 0.15) is 31.9 Å². The van der Waals surface area contributed by atoms with Gasteiger partial charge in [-0.05, 0) is 11.0 Å². The molecule has 5 nitrogen and oxygen atoms in total. The van der Waals surface area contributed by atoms with Gasteiger partial charge < -0.3 is 5.32 Å². The van der Waals surface area contributed by atoms with Gasteiger partial charge in [-0.25, -0.2) is 10.0 Å². The summed E-state index contributed by atoms with van der Waals surface area (Å²) in [7, 11) is 1.84. The van der Waals surface area contributed by atoms with Crippen molar-refractivity contribution in [2.24, 2.45) is 9.98 Å². The molecule has 5 heteroatoms. The van der Waals surface area contributed by atoms with Crippen molar-refractivity contribution in [1.29, 1.82) is 0 Å². The zero-order valence-electron chi connectivity index (χ0n) is 13.4. The first-order valence-electron chi connectivity index (χ1n) is 7.32. The lowest BCUT2D eigenvalue weighted by Crippen LogP contribution is -2.45. The molecule has 22 heavy (non-hydrogen) atoms. The first kappa shape index (κ1) is 14.4. The van der Waals surface area contributed by atoms with Crippen LogP contribution < -0.4 is 10.7 Å². The van der Waals surface area contributed by atoms with Crippen LogP contribution in [0.25, 0.3) is 0 Å². The van der Waals surface area contributed by atoms with Crippen LogP contribution in [0.4, 0.5) is 0 Å². The van der Waals surface area contributed by atoms with Gasteiger partial charge in [0.15, 0.2) is 11.7 Å². The maximum atomic E-state index is 4.61. The third kappa shape index (κ3) is 2.50. The molecular formula is C17H21N5. The maximum absolute atomic E-state index is 4.61. The van der Waals surface area contributed by atoms with Crippen LogP contribution in [0.15, 0.2) is 58.4 Å². The zero-order valence-corrected chi connectivity index (χ0v) is 13.4. The summed E-state index contributed by atoms with van der Waals surface area (Å²) in [4.78, 5) is 9.18. The smallest absolute Gasteiger partial charge is 0.225 e. The van der Waals surface area contributed by atoms with Crippen molar-refractivity contribution >= 4 is 11.8 Å². The van der Waals surface area contributed by atoms with E-state index in [1.165, 1.54) is 5.56 Å². The van der Waals surface area contributed by atoms with Crippen molar-refractivity contribution in [2.75, 3.05) is 7.05 Å². The molecule has 2 heterocycles. The van der Waals surface area contributed by atoms with Crippen molar-refractivity contribution in [3.05, 3.63) is 59.6 Å². The number of nitrogens with one attached hydrogen (secondary N) is 2. The molecule has 0 atom stereocenters. The van der Waals surface area contributed by atoms with E-state index in [2.05, 4.69) is 72.3 Å². The molecule has 0 radical (unpaired) electrons. The van der Waals surface area contributed by atoms with Gasteiger partial charge in [0.1, 0.15) is 0 Å². The number of hydrogen-bond acceptors (Lipinski definition) is 5. The number of fused-ring (bicyclic) bond motifs is 1. The number of guanidine groups is 1. The minimum Gasteiger partial charge on any atom is -0.357 e. The number of allylic oxidation sites excluding steroid dienone is 1. The predicted molar refractivity (Wildman–Crippen MR) is 90.4 cm³/mol. The van der Waals surface area contributed by atoms with Gasteiger partial charge >= 0.3 is 0 Å². The molecule has 2 N–H and O–H groups in total. The highest BCUT2D eigenvalue weighted by Crippen LogP contribution is 2.24. The van der Waals surface area contributed by atoms with Gasteiger partial charge in [-0.1, -0.05) is 51.6 Å². The summed E-state index contributed by atoms with van der Waals surface area (Å²) in [5, 5.41) is 4.87. The Hall–Kier alpha value is -2.56. The topological polar surface area (TPSA) is 52.0 Å². The highest BCUT2D eigenvalue weighted by molar-refractivity contribution is 6.08. The van der Waals surface area contributed by atoms with Crippen molar-refractivity contribution in [1.82, 2.24) is 15.8 Å². The first-order valence-corrected chi connectivity index (χ1v) is 7.32. The lowest BCUT2D eigenvalue weighted by atomic mass is 9.86. The molecule has 0 fully saturated rings. The summed E-state index contributed by atoms with van der Waals surface area (Å²) in [5.74, 6) is 2.19. The maximum Gasteiger partial charge on any atom is 0.225 e. The van der Waals surface area contributed by atoms with Gasteiger partial charge in [0, 0.05) is 18.7 Å². The monoisotopic (exact) mass is 295 g/mol. The van der Waals surface area contributed by atoms with Crippen molar-refractivity contribution < 1.29 is 0 Å². The molecule has 2 aliphatic heterocycles. The van der Waals surface area contributed by atoms with Crippen molar-refractivity contribution in [2.45, 2.75) is 26.2 Å². The summed E-state index contributed by atoms with van der Waals surface area (Å²) in [6.07, 6.45) is 1.90. The molecule has 0 saturated heterocycles. The quantitative estimate of drug-likeness (QED) is 0.837. The SMILES string of the molecule is C=C1C=C2N=C(c3ccc(C(C)(C)C)cc3)N=C(NC)N2N1. The van der Waals surface area contributed by atoms with Crippen LogP contribution in [0.2, 0.25) is 0 Å². The Kier molecular flexibility index (Phi) is 3.28. The van der Waals surface area contributed by atoms with Gasteiger partial charge in [-0.15, -0.1) is 0 Å². The molecule has 3 rings (SSSR count). The van der Waals surface area contributed by atoms with E-state index in [1.807, 2.05) is 13.1 Å². The van der Waals surface area contributed by atoms with Crippen LogP contribution in [0, 0.1) is 0 Å². The zero-order chi connectivity index (χ0) is 15.9. The molecule has 0 bridgehead atoms. The van der Waals surface area contributed by atoms with E-state index in [1.54, 1.807) is 5.01 Å². The Bertz CT molecular complexity index is 702. The van der Waals surface area contributed by atoms with E-state index in [0.29, 0.717) is 11.8 Å². The average Bonchev–Trinajstić information content (AvgIpc) is 2.85. The number of aliphatic imine (C=N–C) groups is 2. The molecule has 0 aliphatic carbocycles. The minimum atomic E-state index is 0.138. The van der Waals surface area contributed by atoms with E-state index in [4.69, 9.17) is 0 Å². The third-order valence-electron chi connectivity index (χ3n) is 3.66. The number of hydrazine groups is 1. The van der Waals surface area contributed by atoms with Crippen LogP contribution in [0.5, 0.6) is 0 Å². The molecule has 2 aliphatic rings. The largest absolute Gasteiger partial charge is 0.357 e. The molecule has 1 aromatic carbocycles. The number of rotatable bonds is 1. The van der Waals surface area contributed by atoms with Crippen LogP contribution in [-0.2, 0) is 5.41 Å². The third-order valence-corrected chi connectivity index (χ3v) is 3.66. The lowest BCUT2D eigenvalue weighted by molar-refractivity contribution is 0.436. The number of benzene rings is 1. The van der Waals surface area contributed by atoms with Crippen molar-refractivity contribution in [3.63, 3.8) is 0 Å². The van der Waals surface area contributed by atoms with E-state index in [-0.39, 0.29) is 5.41 Å². The van der Waals surface area contributed by atoms with Crippen molar-refractivity contribution in [3.8, 4) is 0 Å². The predicted octanol–water partition coefficient (Wildman–Crippen LogP) is 2.50. The Morgan fingerprint density at radius 1 is 1.14 bits per heavy atom. The van der Waals surface area contributed by atoms with E-state index >= 15 is 0 Å². The summed E-state index contributed by atoms with van der Waals surface area (Å²) in [6, 6.07) is 8.42. The van der Waals surface area contributed by atoms with Crippen LogP contribution in [-0.4, -0.2) is 23.9 Å². The van der Waals surface area contributed by atoms with Crippen LogP contribution in [0.3, 0.4) is 0 Å². The Morgan fingerprint density at radius 2 is 1.82 bits per heavy atom. The fourth-order valence-electron chi connectivity index (χ4n) is 2.40. The number of hydrogen-bond donors (Lipinski definition) is 2. The lowest BCUT2D eigenvalue weighted by Gasteiger charge is -2.25. The summed E-state index contributed by atoms with van der Waals surface area (Å²) in [5.41, 5.74) is 6.33. The van der Waals surface area contributed by atoms with Gasteiger partial charge in [0.2, 0.25) is 5.96 Å². The standard InChI is InChI=1S/C17H21N5/c1-11-10-14-19-15(20-16(18-5)22(14)21-11)12-6-8-13(9-7-12)17(2,3)4/h6-10,21H,1H2,2-5H3,(H,18,19,20). The Morgan fingerprint density at radius 3 is 2.41 bits per heavy atom. The van der Waals surface area contributed by atoms with E-state index in [0.717, 1.165) is 17.1 Å². The fraction of sp³-hybridized carbons (Fsp3) is 0.294. The van der Waals surface area contributed by atoms with E-state index < -0.39 is 0 Å². The number of nitrogens with zero attached hydrogens (tertiary/aromatic N) is 3. The minimum absolute atomic E-state index is 0.138. The summed E-state index contributed by atoms with van der Waals surface area (Å²) < 4.78 is 0. The highest BCUT2D eigenvalue weighted by atomic mass is 15.6. The van der Waals surface area contributed by atoms with Gasteiger partial charge in [-0.3, -0.25) is 5.43 Å². The second-order valence-corrected chi connectivity index (χ2v) is 6.42. The van der Waals surface area contributed by atoms with E-state index in [9.17, 15) is 0 Å². The van der Waals surface area contributed by atoms with Gasteiger partial charge in [0.25, 0.3) is 0 Å². The molecular weight excluding hydrogens is 274 g/mol. The van der Waals surface area contributed by atoms with Crippen LogP contribution >= 0.6 is 0 Å². The number of amidine groups is 1. The normalized spacial score (nSPS) is 17.4. The van der Waals surface area contributed by atoms with Gasteiger partial charge in [-0.2, -0.15) is 4.99 Å². The Balaban J connectivity index is 1.97. The summed E-state index contributed by atoms with van der Waals surface area (Å²) in [6.45, 7) is 10.5. The molecule has 0 spiro atoms. The first-order chi connectivity index (χ1) is 10.4. The summed E-state index contributed by atoms with van der Waals surface area (Å²) >= 11 is 0. The second-order valence-electron chi connectivity index (χ2n) is 6.42. The molecule has 0 aromatic heterocycles. The molecule has 1 aromatic rings. The molecule has 0 amide bonds. The highest BCUT2D eigenvalue weighted by Gasteiger charge is 2.26. The Labute approximate surface area is 131 Å². The second kappa shape index (κ2) is 5.02. The molecule has 114 valence electrons. The molecule has 0 saturated carbocycles. The average molecular weight is 295 g/mol.